The molecule has 0 spiro atoms. The maximum Gasteiger partial charge on any atom is 0.132 e. The van der Waals surface area contributed by atoms with Crippen LogP contribution in [0.3, 0.4) is 0 Å². The smallest absolute Gasteiger partial charge is 0.132 e. The Morgan fingerprint density at radius 1 is 1.03 bits per heavy atom. The second-order valence-electron chi connectivity index (χ2n) is 7.93. The maximum absolute atomic E-state index is 4.75. The van der Waals surface area contributed by atoms with Crippen LogP contribution in [-0.4, -0.2) is 59.6 Å². The predicted molar refractivity (Wildman–Crippen MR) is 120 cm³/mol. The quantitative estimate of drug-likeness (QED) is 0.665. The Morgan fingerprint density at radius 3 is 2.59 bits per heavy atom. The van der Waals surface area contributed by atoms with Crippen molar-refractivity contribution in [1.29, 1.82) is 0 Å². The van der Waals surface area contributed by atoms with E-state index in [1.165, 1.54) is 16.6 Å². The van der Waals surface area contributed by atoms with Crippen molar-refractivity contribution < 1.29 is 0 Å². The fourth-order valence-electron chi connectivity index (χ4n) is 4.01. The average molecular weight is 391 g/mol. The summed E-state index contributed by atoms with van der Waals surface area (Å²) >= 11 is 0. The zero-order chi connectivity index (χ0) is 20.4. The Balaban J connectivity index is 1.64. The molecule has 3 heterocycles. The minimum absolute atomic E-state index is 0.746. The van der Waals surface area contributed by atoms with Crippen LogP contribution in [0.4, 0.5) is 11.5 Å². The van der Waals surface area contributed by atoms with Gasteiger partial charge in [-0.3, -0.25) is 4.98 Å². The third-order valence-electron chi connectivity index (χ3n) is 5.61. The molecule has 1 fully saturated rings. The largest absolute Gasteiger partial charge is 0.364 e. The molecule has 152 valence electrons. The van der Waals surface area contributed by atoms with Gasteiger partial charge in [-0.25, -0.2) is 9.97 Å². The number of hydrogen-bond acceptors (Lipinski definition) is 6. The van der Waals surface area contributed by atoms with E-state index in [1.54, 1.807) is 0 Å². The van der Waals surface area contributed by atoms with Gasteiger partial charge in [0.05, 0.1) is 23.4 Å². The van der Waals surface area contributed by atoms with Gasteiger partial charge in [-0.2, -0.15) is 0 Å². The monoisotopic (exact) mass is 390 g/mol. The average Bonchev–Trinajstić information content (AvgIpc) is 2.71. The van der Waals surface area contributed by atoms with Crippen LogP contribution in [0, 0.1) is 13.8 Å². The molecule has 6 heteroatoms. The summed E-state index contributed by atoms with van der Waals surface area (Å²) in [6.07, 6.45) is 1.87. The van der Waals surface area contributed by atoms with Crippen molar-refractivity contribution >= 4 is 22.4 Å². The van der Waals surface area contributed by atoms with E-state index in [-0.39, 0.29) is 0 Å². The van der Waals surface area contributed by atoms with Crippen LogP contribution in [0.1, 0.15) is 24.0 Å². The lowest BCUT2D eigenvalue weighted by Crippen LogP contribution is -2.45. The predicted octanol–water partition coefficient (Wildman–Crippen LogP) is 3.42. The molecule has 1 saturated heterocycles. The molecule has 0 unspecified atom stereocenters. The van der Waals surface area contributed by atoms with E-state index in [4.69, 9.17) is 9.97 Å². The summed E-state index contributed by atoms with van der Waals surface area (Å²) in [5, 5.41) is 1.18. The first-order valence-corrected chi connectivity index (χ1v) is 10.4. The minimum Gasteiger partial charge on any atom is -0.364 e. The van der Waals surface area contributed by atoms with E-state index in [0.29, 0.717) is 0 Å². The van der Waals surface area contributed by atoms with Gasteiger partial charge in [-0.1, -0.05) is 6.07 Å². The molecule has 4 rings (SSSR count). The fourth-order valence-corrected chi connectivity index (χ4v) is 4.01. The number of pyridine rings is 1. The number of likely N-dealkylation sites (N-methyl/N-ethyl adjacent to an activating group) is 1. The van der Waals surface area contributed by atoms with E-state index in [1.807, 2.05) is 19.2 Å². The van der Waals surface area contributed by atoms with Crippen LogP contribution >= 0.6 is 0 Å². The first-order chi connectivity index (χ1) is 14.0. The fraction of sp³-hybridized carbons (Fsp3) is 0.435. The van der Waals surface area contributed by atoms with Gasteiger partial charge in [0.25, 0.3) is 0 Å². The number of fused-ring (bicyclic) bond motifs is 1. The van der Waals surface area contributed by atoms with Crippen LogP contribution in [0.2, 0.25) is 0 Å². The van der Waals surface area contributed by atoms with Gasteiger partial charge in [0.2, 0.25) is 0 Å². The van der Waals surface area contributed by atoms with Crippen LogP contribution in [-0.2, 0) is 6.54 Å². The molecule has 6 nitrogen and oxygen atoms in total. The molecule has 1 aromatic carbocycles. The van der Waals surface area contributed by atoms with Gasteiger partial charge >= 0.3 is 0 Å². The summed E-state index contributed by atoms with van der Waals surface area (Å²) in [4.78, 5) is 21.2. The molecule has 0 atom stereocenters. The highest BCUT2D eigenvalue weighted by Crippen LogP contribution is 2.28. The standard InChI is InChI=1S/C23H30N6/c1-5-28(21-14-17(2)13-19-7-6-8-24-23(19)21)16-20-15-22(26-18(3)25-20)29-11-9-27(4)10-12-29/h6-8,13-15H,5,9-12,16H2,1-4H3. The van der Waals surface area contributed by atoms with E-state index < -0.39 is 0 Å². The van der Waals surface area contributed by atoms with Crippen molar-refractivity contribution in [1.82, 2.24) is 19.9 Å². The van der Waals surface area contributed by atoms with E-state index in [0.717, 1.165) is 62.1 Å². The number of piperazine rings is 1. The topological polar surface area (TPSA) is 48.4 Å². The Morgan fingerprint density at radius 2 is 1.83 bits per heavy atom. The molecule has 0 aliphatic carbocycles. The molecule has 1 aliphatic heterocycles. The number of aromatic nitrogens is 3. The Kier molecular flexibility index (Phi) is 5.62. The molecule has 1 aliphatic rings. The lowest BCUT2D eigenvalue weighted by Gasteiger charge is -2.33. The summed E-state index contributed by atoms with van der Waals surface area (Å²) in [6.45, 7) is 12.1. The summed E-state index contributed by atoms with van der Waals surface area (Å²) in [5.74, 6) is 1.88. The summed E-state index contributed by atoms with van der Waals surface area (Å²) in [5.41, 5.74) is 4.51. The summed E-state index contributed by atoms with van der Waals surface area (Å²) < 4.78 is 0. The Hall–Kier alpha value is -2.73. The maximum atomic E-state index is 4.75. The number of anilines is 2. The molecule has 3 aromatic rings. The lowest BCUT2D eigenvalue weighted by molar-refractivity contribution is 0.312. The van der Waals surface area contributed by atoms with Gasteiger partial charge in [-0.15, -0.1) is 0 Å². The van der Waals surface area contributed by atoms with Crippen molar-refractivity contribution in [2.75, 3.05) is 49.6 Å². The first-order valence-electron chi connectivity index (χ1n) is 10.4. The number of aryl methyl sites for hydroxylation is 2. The molecule has 2 aromatic heterocycles. The molecule has 0 amide bonds. The van der Waals surface area contributed by atoms with Gasteiger partial charge < -0.3 is 14.7 Å². The van der Waals surface area contributed by atoms with Crippen molar-refractivity contribution in [3.8, 4) is 0 Å². The van der Waals surface area contributed by atoms with E-state index >= 15 is 0 Å². The van der Waals surface area contributed by atoms with Crippen molar-refractivity contribution in [2.24, 2.45) is 0 Å². The zero-order valence-electron chi connectivity index (χ0n) is 17.9. The van der Waals surface area contributed by atoms with Crippen LogP contribution in [0.5, 0.6) is 0 Å². The van der Waals surface area contributed by atoms with Gasteiger partial charge in [0.15, 0.2) is 0 Å². The van der Waals surface area contributed by atoms with E-state index in [2.05, 4.69) is 64.8 Å². The summed E-state index contributed by atoms with van der Waals surface area (Å²) in [7, 11) is 2.17. The van der Waals surface area contributed by atoms with Crippen LogP contribution in [0.15, 0.2) is 36.5 Å². The molecular weight excluding hydrogens is 360 g/mol. The number of nitrogens with zero attached hydrogens (tertiary/aromatic N) is 6. The van der Waals surface area contributed by atoms with Crippen LogP contribution < -0.4 is 9.80 Å². The molecule has 0 radical (unpaired) electrons. The van der Waals surface area contributed by atoms with Crippen LogP contribution in [0.25, 0.3) is 10.9 Å². The minimum atomic E-state index is 0.746. The molecule has 0 saturated carbocycles. The molecular formula is C23H30N6. The highest BCUT2D eigenvalue weighted by atomic mass is 15.3. The van der Waals surface area contributed by atoms with Crippen molar-refractivity contribution in [3.05, 3.63) is 53.6 Å². The number of rotatable bonds is 5. The Bertz CT molecular complexity index is 994. The third-order valence-corrected chi connectivity index (χ3v) is 5.61. The second kappa shape index (κ2) is 8.33. The Labute approximate surface area is 173 Å². The van der Waals surface area contributed by atoms with Gasteiger partial charge in [-0.05, 0) is 51.6 Å². The first kappa shape index (κ1) is 19.6. The number of benzene rings is 1. The number of hydrogen-bond donors (Lipinski definition) is 0. The van der Waals surface area contributed by atoms with Crippen molar-refractivity contribution in [2.45, 2.75) is 27.3 Å². The zero-order valence-corrected chi connectivity index (χ0v) is 17.9. The molecule has 0 N–H and O–H groups in total. The third kappa shape index (κ3) is 4.32. The van der Waals surface area contributed by atoms with Gasteiger partial charge in [0, 0.05) is 50.4 Å². The normalized spacial score (nSPS) is 15.1. The van der Waals surface area contributed by atoms with Gasteiger partial charge in [0.1, 0.15) is 11.6 Å². The van der Waals surface area contributed by atoms with E-state index in [9.17, 15) is 0 Å². The summed E-state index contributed by atoms with van der Waals surface area (Å²) in [6, 6.07) is 10.7. The molecule has 29 heavy (non-hydrogen) atoms. The highest BCUT2D eigenvalue weighted by Gasteiger charge is 2.18. The molecule has 0 bridgehead atoms. The highest BCUT2D eigenvalue weighted by molar-refractivity contribution is 5.91. The second-order valence-corrected chi connectivity index (χ2v) is 7.93. The van der Waals surface area contributed by atoms with Crippen molar-refractivity contribution in [3.63, 3.8) is 0 Å². The lowest BCUT2D eigenvalue weighted by atomic mass is 10.1. The SMILES string of the molecule is CCN(Cc1cc(N2CCN(C)CC2)nc(C)n1)c1cc(C)cc2cccnc12.